The topological polar surface area (TPSA) is 102 Å². The Balaban J connectivity index is 1.64. The zero-order valence-electron chi connectivity index (χ0n) is 16.4. The molecule has 1 atom stereocenters. The standard InChI is InChI=1S/C20H22N6O2S/c1-4-15-5-11-18(12-6-15)26-20(23-24-25-26)29-13(2)19(28)22-17-9-7-16(8-10-17)21-14(3)27/h5-13H,4H2,1-3H3,(H,21,27)(H,22,28)/t13-/m0/s1. The number of tetrazole rings is 1. The van der Waals surface area contributed by atoms with E-state index in [0.29, 0.717) is 16.5 Å². The van der Waals surface area contributed by atoms with Crippen molar-refractivity contribution in [1.82, 2.24) is 20.2 Å². The third kappa shape index (κ3) is 5.41. The highest BCUT2D eigenvalue weighted by molar-refractivity contribution is 8.00. The number of benzene rings is 2. The number of hydrogen-bond acceptors (Lipinski definition) is 6. The van der Waals surface area contributed by atoms with Crippen LogP contribution in [0.1, 0.15) is 26.3 Å². The highest BCUT2D eigenvalue weighted by Crippen LogP contribution is 2.24. The number of hydrogen-bond donors (Lipinski definition) is 2. The molecule has 3 rings (SSSR count). The first-order valence-corrected chi connectivity index (χ1v) is 10.1. The summed E-state index contributed by atoms with van der Waals surface area (Å²) in [5.74, 6) is -0.313. The fraction of sp³-hybridized carbons (Fsp3) is 0.250. The van der Waals surface area contributed by atoms with Gasteiger partial charge in [-0.15, -0.1) is 5.10 Å². The van der Waals surface area contributed by atoms with Crippen LogP contribution in [0.4, 0.5) is 11.4 Å². The van der Waals surface area contributed by atoms with Crippen molar-refractivity contribution in [2.75, 3.05) is 10.6 Å². The Morgan fingerprint density at radius 3 is 2.24 bits per heavy atom. The number of aromatic nitrogens is 4. The molecule has 1 heterocycles. The van der Waals surface area contributed by atoms with Crippen molar-refractivity contribution in [3.8, 4) is 5.69 Å². The van der Waals surface area contributed by atoms with Crippen LogP contribution in [0.5, 0.6) is 0 Å². The summed E-state index contributed by atoms with van der Waals surface area (Å²) in [4.78, 5) is 23.6. The summed E-state index contributed by atoms with van der Waals surface area (Å²) in [5.41, 5.74) is 3.39. The average Bonchev–Trinajstić information content (AvgIpc) is 3.17. The molecule has 0 saturated heterocycles. The van der Waals surface area contributed by atoms with E-state index >= 15 is 0 Å². The fourth-order valence-electron chi connectivity index (χ4n) is 2.58. The molecule has 29 heavy (non-hydrogen) atoms. The van der Waals surface area contributed by atoms with Gasteiger partial charge in [0, 0.05) is 18.3 Å². The average molecular weight is 411 g/mol. The Hall–Kier alpha value is -3.20. The minimum absolute atomic E-state index is 0.145. The summed E-state index contributed by atoms with van der Waals surface area (Å²) in [7, 11) is 0. The summed E-state index contributed by atoms with van der Waals surface area (Å²) in [6.45, 7) is 5.34. The minimum Gasteiger partial charge on any atom is -0.326 e. The van der Waals surface area contributed by atoms with Crippen molar-refractivity contribution >= 4 is 35.0 Å². The van der Waals surface area contributed by atoms with Crippen LogP contribution in [0.25, 0.3) is 5.69 Å². The summed E-state index contributed by atoms with van der Waals surface area (Å²) in [6.07, 6.45) is 0.959. The maximum absolute atomic E-state index is 12.6. The first-order valence-electron chi connectivity index (χ1n) is 9.19. The normalized spacial score (nSPS) is 11.7. The molecule has 0 unspecified atom stereocenters. The fourth-order valence-corrected chi connectivity index (χ4v) is 3.39. The molecule has 8 nitrogen and oxygen atoms in total. The second-order valence-corrected chi connectivity index (χ2v) is 7.71. The smallest absolute Gasteiger partial charge is 0.237 e. The number of rotatable bonds is 7. The van der Waals surface area contributed by atoms with Crippen LogP contribution in [0.15, 0.2) is 53.7 Å². The summed E-state index contributed by atoms with van der Waals surface area (Å²) >= 11 is 1.28. The molecule has 3 aromatic rings. The van der Waals surface area contributed by atoms with Crippen molar-refractivity contribution in [3.63, 3.8) is 0 Å². The van der Waals surface area contributed by atoms with E-state index in [4.69, 9.17) is 0 Å². The molecule has 150 valence electrons. The quantitative estimate of drug-likeness (QED) is 0.580. The lowest BCUT2D eigenvalue weighted by molar-refractivity contribution is -0.115. The highest BCUT2D eigenvalue weighted by atomic mass is 32.2. The van der Waals surface area contributed by atoms with Gasteiger partial charge in [-0.1, -0.05) is 30.8 Å². The van der Waals surface area contributed by atoms with Crippen LogP contribution in [0, 0.1) is 0 Å². The van der Waals surface area contributed by atoms with Gasteiger partial charge < -0.3 is 10.6 Å². The zero-order valence-corrected chi connectivity index (χ0v) is 17.2. The maximum Gasteiger partial charge on any atom is 0.237 e. The van der Waals surface area contributed by atoms with Crippen molar-refractivity contribution < 1.29 is 9.59 Å². The predicted octanol–water partition coefficient (Wildman–Crippen LogP) is 3.30. The van der Waals surface area contributed by atoms with Crippen molar-refractivity contribution in [1.29, 1.82) is 0 Å². The Labute approximate surface area is 173 Å². The minimum atomic E-state index is -0.412. The number of nitrogens with one attached hydrogen (secondary N) is 2. The molecule has 0 aliphatic rings. The van der Waals surface area contributed by atoms with E-state index in [-0.39, 0.29) is 11.8 Å². The first-order chi connectivity index (χ1) is 14.0. The van der Waals surface area contributed by atoms with Crippen LogP contribution in [-0.4, -0.2) is 37.3 Å². The van der Waals surface area contributed by atoms with E-state index in [2.05, 4.69) is 33.1 Å². The molecule has 0 radical (unpaired) electrons. The van der Waals surface area contributed by atoms with Gasteiger partial charge in [0.15, 0.2) is 0 Å². The maximum atomic E-state index is 12.6. The van der Waals surface area contributed by atoms with Gasteiger partial charge in [0.2, 0.25) is 17.0 Å². The SMILES string of the molecule is CCc1ccc(-n2nnnc2S[C@@H](C)C(=O)Nc2ccc(NC(C)=O)cc2)cc1. The predicted molar refractivity (Wildman–Crippen MR) is 113 cm³/mol. The Morgan fingerprint density at radius 1 is 1.03 bits per heavy atom. The molecule has 1 aromatic heterocycles. The van der Waals surface area contributed by atoms with E-state index in [9.17, 15) is 9.59 Å². The van der Waals surface area contributed by atoms with E-state index in [1.807, 2.05) is 24.3 Å². The highest BCUT2D eigenvalue weighted by Gasteiger charge is 2.19. The first kappa shape index (κ1) is 20.5. The number of nitrogens with zero attached hydrogens (tertiary/aromatic N) is 4. The van der Waals surface area contributed by atoms with E-state index in [1.54, 1.807) is 35.9 Å². The van der Waals surface area contributed by atoms with E-state index < -0.39 is 5.25 Å². The molecule has 0 aliphatic heterocycles. The van der Waals surface area contributed by atoms with Gasteiger partial charge in [0.05, 0.1) is 10.9 Å². The van der Waals surface area contributed by atoms with Crippen LogP contribution in [0.2, 0.25) is 0 Å². The molecular weight excluding hydrogens is 388 g/mol. The van der Waals surface area contributed by atoms with Gasteiger partial charge in [0.1, 0.15) is 0 Å². The van der Waals surface area contributed by atoms with Crippen LogP contribution in [0.3, 0.4) is 0 Å². The van der Waals surface area contributed by atoms with Crippen LogP contribution >= 0.6 is 11.8 Å². The van der Waals surface area contributed by atoms with Crippen molar-refractivity contribution in [3.05, 3.63) is 54.1 Å². The molecule has 0 spiro atoms. The van der Waals surface area contributed by atoms with Crippen LogP contribution < -0.4 is 10.6 Å². The molecule has 0 bridgehead atoms. The zero-order chi connectivity index (χ0) is 20.8. The lowest BCUT2D eigenvalue weighted by atomic mass is 10.1. The number of carbonyl (C=O) groups is 2. The molecule has 2 N–H and O–H groups in total. The third-order valence-electron chi connectivity index (χ3n) is 4.15. The third-order valence-corrected chi connectivity index (χ3v) is 5.19. The van der Waals surface area contributed by atoms with Crippen molar-refractivity contribution in [2.45, 2.75) is 37.6 Å². The molecular formula is C20H22N6O2S. The van der Waals surface area contributed by atoms with Gasteiger partial charge in [-0.05, 0) is 65.7 Å². The number of anilines is 2. The Kier molecular flexibility index (Phi) is 6.61. The lowest BCUT2D eigenvalue weighted by Gasteiger charge is -2.12. The number of amides is 2. The Morgan fingerprint density at radius 2 is 1.66 bits per heavy atom. The largest absolute Gasteiger partial charge is 0.326 e. The van der Waals surface area contributed by atoms with Gasteiger partial charge in [-0.25, -0.2) is 0 Å². The van der Waals surface area contributed by atoms with Gasteiger partial charge in [-0.2, -0.15) is 4.68 Å². The number of carbonyl (C=O) groups excluding carboxylic acids is 2. The summed E-state index contributed by atoms with van der Waals surface area (Å²) in [5, 5.41) is 17.5. The van der Waals surface area contributed by atoms with E-state index in [0.717, 1.165) is 12.1 Å². The molecule has 2 aromatic carbocycles. The van der Waals surface area contributed by atoms with Gasteiger partial charge >= 0.3 is 0 Å². The van der Waals surface area contributed by atoms with Gasteiger partial charge in [0.25, 0.3) is 0 Å². The van der Waals surface area contributed by atoms with Gasteiger partial charge in [-0.3, -0.25) is 9.59 Å². The second kappa shape index (κ2) is 9.33. The molecule has 0 aliphatic carbocycles. The lowest BCUT2D eigenvalue weighted by Crippen LogP contribution is -2.23. The molecule has 0 saturated carbocycles. The second-order valence-electron chi connectivity index (χ2n) is 6.40. The molecule has 9 heteroatoms. The molecule has 2 amide bonds. The monoisotopic (exact) mass is 410 g/mol. The number of aryl methyl sites for hydroxylation is 1. The Bertz CT molecular complexity index is 985. The molecule has 0 fully saturated rings. The van der Waals surface area contributed by atoms with Crippen molar-refractivity contribution in [2.24, 2.45) is 0 Å². The summed E-state index contributed by atoms with van der Waals surface area (Å²) < 4.78 is 1.62. The van der Waals surface area contributed by atoms with Crippen LogP contribution in [-0.2, 0) is 16.0 Å². The van der Waals surface area contributed by atoms with E-state index in [1.165, 1.54) is 24.2 Å². The summed E-state index contributed by atoms with van der Waals surface area (Å²) in [6, 6.07) is 14.9. The number of thioether (sulfide) groups is 1.